The molecule has 0 spiro atoms. The molecule has 0 saturated carbocycles. The van der Waals surface area contributed by atoms with Crippen LogP contribution in [0, 0.1) is 0 Å². The molecule has 1 N–H and O–H groups in total. The second kappa shape index (κ2) is 6.25. The Morgan fingerprint density at radius 1 is 1.41 bits per heavy atom. The van der Waals surface area contributed by atoms with E-state index in [9.17, 15) is 9.59 Å². The van der Waals surface area contributed by atoms with Gasteiger partial charge in [0.15, 0.2) is 0 Å². The molecule has 0 saturated heterocycles. The van der Waals surface area contributed by atoms with Crippen molar-refractivity contribution in [3.8, 4) is 5.75 Å². The van der Waals surface area contributed by atoms with Crippen LogP contribution in [0.3, 0.4) is 0 Å². The van der Waals surface area contributed by atoms with E-state index in [1.807, 2.05) is 6.92 Å². The van der Waals surface area contributed by atoms with Crippen LogP contribution >= 0.6 is 11.6 Å². The van der Waals surface area contributed by atoms with Crippen LogP contribution in [0.15, 0.2) is 18.2 Å². The zero-order valence-electron chi connectivity index (χ0n) is 9.75. The molecule has 0 aliphatic rings. The van der Waals surface area contributed by atoms with Crippen LogP contribution in [0.2, 0.25) is 5.02 Å². The summed E-state index contributed by atoms with van der Waals surface area (Å²) >= 11 is 5.87. The fraction of sp³-hybridized carbons (Fsp3) is 0.333. The Hall–Kier alpha value is -1.55. The standard InChI is InChI=1S/C12H14ClNO3/c1-3-6-14-12(16)11(15)8-4-5-10(17-2)9(13)7-8/h4-5,7H,3,6H2,1-2H3,(H,14,16). The molecule has 0 heterocycles. The third-order valence-electron chi connectivity index (χ3n) is 2.16. The van der Waals surface area contributed by atoms with Crippen molar-refractivity contribution in [2.75, 3.05) is 13.7 Å². The summed E-state index contributed by atoms with van der Waals surface area (Å²) in [5.74, 6) is -0.742. The van der Waals surface area contributed by atoms with Gasteiger partial charge in [-0.25, -0.2) is 0 Å². The largest absolute Gasteiger partial charge is 0.495 e. The molecule has 0 aliphatic carbocycles. The maximum atomic E-state index is 11.7. The average Bonchev–Trinajstić information content (AvgIpc) is 2.34. The molecule has 1 amide bonds. The monoisotopic (exact) mass is 255 g/mol. The van der Waals surface area contributed by atoms with E-state index in [-0.39, 0.29) is 5.56 Å². The summed E-state index contributed by atoms with van der Waals surface area (Å²) in [6.07, 6.45) is 0.780. The lowest BCUT2D eigenvalue weighted by Crippen LogP contribution is -2.31. The van der Waals surface area contributed by atoms with E-state index in [2.05, 4.69) is 5.32 Å². The summed E-state index contributed by atoms with van der Waals surface area (Å²) in [5, 5.41) is 2.82. The van der Waals surface area contributed by atoms with Crippen molar-refractivity contribution >= 4 is 23.3 Å². The Balaban J connectivity index is 2.82. The van der Waals surface area contributed by atoms with Crippen molar-refractivity contribution in [2.24, 2.45) is 0 Å². The summed E-state index contributed by atoms with van der Waals surface area (Å²) in [6.45, 7) is 2.39. The minimum absolute atomic E-state index is 0.254. The van der Waals surface area contributed by atoms with Gasteiger partial charge in [0, 0.05) is 12.1 Å². The van der Waals surface area contributed by atoms with E-state index in [0.29, 0.717) is 17.3 Å². The first-order chi connectivity index (χ1) is 8.10. The van der Waals surface area contributed by atoms with Gasteiger partial charge in [-0.05, 0) is 24.6 Å². The minimum atomic E-state index is -0.618. The molecule has 17 heavy (non-hydrogen) atoms. The number of rotatable bonds is 5. The average molecular weight is 256 g/mol. The molecular formula is C12H14ClNO3. The number of nitrogens with one attached hydrogen (secondary N) is 1. The molecule has 0 atom stereocenters. The first kappa shape index (κ1) is 13.5. The van der Waals surface area contributed by atoms with Crippen LogP contribution in [0.25, 0.3) is 0 Å². The molecule has 0 fully saturated rings. The third-order valence-corrected chi connectivity index (χ3v) is 2.45. The van der Waals surface area contributed by atoms with Crippen molar-refractivity contribution in [3.05, 3.63) is 28.8 Å². The van der Waals surface area contributed by atoms with Gasteiger partial charge < -0.3 is 10.1 Å². The molecule has 1 rings (SSSR count). The highest BCUT2D eigenvalue weighted by Crippen LogP contribution is 2.25. The lowest BCUT2D eigenvalue weighted by atomic mass is 10.1. The number of ether oxygens (including phenoxy) is 1. The summed E-state index contributed by atoms with van der Waals surface area (Å²) in [7, 11) is 1.48. The smallest absolute Gasteiger partial charge is 0.292 e. The molecule has 0 unspecified atom stereocenters. The topological polar surface area (TPSA) is 55.4 Å². The summed E-state index contributed by atoms with van der Waals surface area (Å²) < 4.78 is 4.96. The molecule has 0 bridgehead atoms. The normalized spacial score (nSPS) is 9.82. The summed E-state index contributed by atoms with van der Waals surface area (Å²) in [6, 6.07) is 4.50. The Kier molecular flexibility index (Phi) is 4.97. The van der Waals surface area contributed by atoms with Gasteiger partial charge in [-0.2, -0.15) is 0 Å². The van der Waals surface area contributed by atoms with Crippen LogP contribution in [-0.4, -0.2) is 25.3 Å². The van der Waals surface area contributed by atoms with E-state index < -0.39 is 11.7 Å². The van der Waals surface area contributed by atoms with E-state index in [1.54, 1.807) is 6.07 Å². The predicted octanol–water partition coefficient (Wildman–Crippen LogP) is 2.06. The highest BCUT2D eigenvalue weighted by molar-refractivity contribution is 6.43. The zero-order chi connectivity index (χ0) is 12.8. The molecule has 0 aliphatic heterocycles. The van der Waals surface area contributed by atoms with E-state index >= 15 is 0 Å². The van der Waals surface area contributed by atoms with Gasteiger partial charge in [0.05, 0.1) is 12.1 Å². The maximum absolute atomic E-state index is 11.7. The Morgan fingerprint density at radius 2 is 2.12 bits per heavy atom. The van der Waals surface area contributed by atoms with Gasteiger partial charge in [0.1, 0.15) is 5.75 Å². The predicted molar refractivity (Wildman–Crippen MR) is 65.6 cm³/mol. The van der Waals surface area contributed by atoms with Crippen molar-refractivity contribution in [1.29, 1.82) is 0 Å². The number of hydrogen-bond acceptors (Lipinski definition) is 3. The van der Waals surface area contributed by atoms with E-state index in [4.69, 9.17) is 16.3 Å². The number of amides is 1. The van der Waals surface area contributed by atoms with Crippen molar-refractivity contribution in [2.45, 2.75) is 13.3 Å². The van der Waals surface area contributed by atoms with Crippen LogP contribution in [-0.2, 0) is 4.79 Å². The minimum Gasteiger partial charge on any atom is -0.495 e. The molecule has 0 radical (unpaired) electrons. The van der Waals surface area contributed by atoms with Gasteiger partial charge in [-0.15, -0.1) is 0 Å². The van der Waals surface area contributed by atoms with Gasteiger partial charge in [0.25, 0.3) is 5.91 Å². The molecule has 5 heteroatoms. The zero-order valence-corrected chi connectivity index (χ0v) is 10.5. The number of benzene rings is 1. The quantitative estimate of drug-likeness (QED) is 0.647. The lowest BCUT2D eigenvalue weighted by molar-refractivity contribution is -0.116. The first-order valence-electron chi connectivity index (χ1n) is 5.26. The fourth-order valence-corrected chi connectivity index (χ4v) is 1.52. The van der Waals surface area contributed by atoms with Crippen LogP contribution in [0.4, 0.5) is 0 Å². The summed E-state index contributed by atoms with van der Waals surface area (Å²) in [5.41, 5.74) is 0.254. The van der Waals surface area contributed by atoms with Crippen LogP contribution in [0.5, 0.6) is 5.75 Å². The van der Waals surface area contributed by atoms with Crippen molar-refractivity contribution < 1.29 is 14.3 Å². The number of hydrogen-bond donors (Lipinski definition) is 1. The van der Waals surface area contributed by atoms with Crippen molar-refractivity contribution in [1.82, 2.24) is 5.32 Å². The molecule has 1 aromatic carbocycles. The third kappa shape index (κ3) is 3.46. The van der Waals surface area contributed by atoms with E-state index in [0.717, 1.165) is 6.42 Å². The number of carbonyl (C=O) groups is 2. The number of carbonyl (C=O) groups excluding carboxylic acids is 2. The number of methoxy groups -OCH3 is 1. The Bertz CT molecular complexity index is 432. The van der Waals surface area contributed by atoms with Gasteiger partial charge in [-0.3, -0.25) is 9.59 Å². The Labute approximate surface area is 105 Å². The molecule has 0 aromatic heterocycles. The Morgan fingerprint density at radius 3 is 2.65 bits per heavy atom. The second-order valence-electron chi connectivity index (χ2n) is 3.43. The molecule has 92 valence electrons. The van der Waals surface area contributed by atoms with Gasteiger partial charge in [-0.1, -0.05) is 18.5 Å². The van der Waals surface area contributed by atoms with E-state index in [1.165, 1.54) is 19.2 Å². The number of ketones is 1. The molecule has 4 nitrogen and oxygen atoms in total. The fourth-order valence-electron chi connectivity index (χ4n) is 1.26. The second-order valence-corrected chi connectivity index (χ2v) is 3.84. The molecular weight excluding hydrogens is 242 g/mol. The van der Waals surface area contributed by atoms with Gasteiger partial charge >= 0.3 is 0 Å². The maximum Gasteiger partial charge on any atom is 0.292 e. The summed E-state index contributed by atoms with van der Waals surface area (Å²) in [4.78, 5) is 23.1. The highest BCUT2D eigenvalue weighted by Gasteiger charge is 2.16. The van der Waals surface area contributed by atoms with Crippen LogP contribution < -0.4 is 10.1 Å². The van der Waals surface area contributed by atoms with Gasteiger partial charge in [0.2, 0.25) is 5.78 Å². The van der Waals surface area contributed by atoms with Crippen LogP contribution in [0.1, 0.15) is 23.7 Å². The first-order valence-corrected chi connectivity index (χ1v) is 5.64. The lowest BCUT2D eigenvalue weighted by Gasteiger charge is -2.05. The molecule has 1 aromatic rings. The van der Waals surface area contributed by atoms with Crippen molar-refractivity contribution in [3.63, 3.8) is 0 Å². The highest BCUT2D eigenvalue weighted by atomic mass is 35.5. The number of Topliss-reactive ketones (excluding diaryl/α,β-unsaturated/α-hetero) is 1. The number of halogens is 1. The SMILES string of the molecule is CCCNC(=O)C(=O)c1ccc(OC)c(Cl)c1.